The van der Waals surface area contributed by atoms with Crippen molar-refractivity contribution < 1.29 is 9.90 Å². The minimum Gasteiger partial charge on any atom is -0.508 e. The summed E-state index contributed by atoms with van der Waals surface area (Å²) in [6, 6.07) is 14.8. The summed E-state index contributed by atoms with van der Waals surface area (Å²) < 4.78 is 0. The Hall–Kier alpha value is -2.29. The maximum atomic E-state index is 11.8. The van der Waals surface area contributed by atoms with Gasteiger partial charge in [0.2, 0.25) is 0 Å². The molecule has 0 fully saturated rings. The minimum atomic E-state index is -0.0640. The average Bonchev–Trinajstić information content (AvgIpc) is 2.67. The van der Waals surface area contributed by atoms with Gasteiger partial charge in [-0.05, 0) is 35.7 Å². The van der Waals surface area contributed by atoms with Gasteiger partial charge < -0.3 is 10.4 Å². The van der Waals surface area contributed by atoms with E-state index < -0.39 is 0 Å². The fourth-order valence-corrected chi connectivity index (χ4v) is 2.37. The highest BCUT2D eigenvalue weighted by molar-refractivity contribution is 5.99. The Labute approximate surface area is 105 Å². The molecular formula is C15H13NO2. The zero-order valence-corrected chi connectivity index (χ0v) is 9.76. The second-order valence-electron chi connectivity index (χ2n) is 4.49. The van der Waals surface area contributed by atoms with E-state index in [-0.39, 0.29) is 17.7 Å². The lowest BCUT2D eigenvalue weighted by Crippen LogP contribution is -2.20. The summed E-state index contributed by atoms with van der Waals surface area (Å²) in [6.45, 7) is 0. The molecule has 2 N–H and O–H groups in total. The number of amides is 1. The maximum Gasteiger partial charge on any atom is 0.252 e. The van der Waals surface area contributed by atoms with E-state index in [1.54, 1.807) is 18.2 Å². The number of rotatable bonds is 2. The molecule has 18 heavy (non-hydrogen) atoms. The van der Waals surface area contributed by atoms with Crippen LogP contribution in [0.4, 0.5) is 0 Å². The smallest absolute Gasteiger partial charge is 0.252 e. The third-order valence-electron chi connectivity index (χ3n) is 3.24. The van der Waals surface area contributed by atoms with Gasteiger partial charge in [0.1, 0.15) is 5.75 Å². The Morgan fingerprint density at radius 1 is 1.11 bits per heavy atom. The van der Waals surface area contributed by atoms with Gasteiger partial charge in [-0.15, -0.1) is 0 Å². The number of aromatic hydroxyl groups is 1. The number of nitrogens with one attached hydrogen (secondary N) is 1. The van der Waals surface area contributed by atoms with Gasteiger partial charge in [-0.25, -0.2) is 0 Å². The van der Waals surface area contributed by atoms with Crippen molar-refractivity contribution >= 4 is 5.91 Å². The third kappa shape index (κ3) is 1.84. The van der Waals surface area contributed by atoms with Gasteiger partial charge in [0.15, 0.2) is 0 Å². The molecule has 0 spiro atoms. The first-order chi connectivity index (χ1) is 8.74. The maximum absolute atomic E-state index is 11.8. The molecule has 0 aromatic heterocycles. The second-order valence-corrected chi connectivity index (χ2v) is 4.49. The summed E-state index contributed by atoms with van der Waals surface area (Å²) >= 11 is 0. The Morgan fingerprint density at radius 3 is 2.67 bits per heavy atom. The molecule has 0 unspecified atom stereocenters. The normalized spacial score (nSPS) is 17.3. The molecule has 0 saturated heterocycles. The van der Waals surface area contributed by atoms with Gasteiger partial charge in [-0.2, -0.15) is 0 Å². The molecule has 3 heteroatoms. The number of phenols is 1. The van der Waals surface area contributed by atoms with Crippen molar-refractivity contribution in [3.8, 4) is 5.75 Å². The van der Waals surface area contributed by atoms with Crippen LogP contribution in [0, 0.1) is 0 Å². The van der Waals surface area contributed by atoms with Crippen molar-refractivity contribution in [1.29, 1.82) is 0 Å². The van der Waals surface area contributed by atoms with Gasteiger partial charge in [-0.1, -0.05) is 30.3 Å². The first-order valence-corrected chi connectivity index (χ1v) is 5.92. The molecule has 0 radical (unpaired) electrons. The Bertz CT molecular complexity index is 593. The van der Waals surface area contributed by atoms with Crippen LogP contribution in [0.25, 0.3) is 0 Å². The van der Waals surface area contributed by atoms with Gasteiger partial charge in [0, 0.05) is 5.56 Å². The fourth-order valence-electron chi connectivity index (χ4n) is 2.37. The van der Waals surface area contributed by atoms with Crippen molar-refractivity contribution in [2.24, 2.45) is 0 Å². The topological polar surface area (TPSA) is 49.3 Å². The van der Waals surface area contributed by atoms with Crippen LogP contribution in [-0.2, 0) is 6.42 Å². The van der Waals surface area contributed by atoms with Crippen molar-refractivity contribution in [3.05, 3.63) is 65.2 Å². The van der Waals surface area contributed by atoms with Crippen molar-refractivity contribution in [1.82, 2.24) is 5.32 Å². The van der Waals surface area contributed by atoms with E-state index >= 15 is 0 Å². The van der Waals surface area contributed by atoms with Gasteiger partial charge in [-0.3, -0.25) is 4.79 Å². The average molecular weight is 239 g/mol. The van der Waals surface area contributed by atoms with E-state index in [0.717, 1.165) is 12.0 Å². The predicted octanol–water partition coefficient (Wildman–Crippen LogP) is 2.42. The molecule has 2 aromatic carbocycles. The number of phenolic OH excluding ortho intramolecular Hbond substituents is 1. The number of fused-ring (bicyclic) bond motifs is 1. The molecule has 3 nitrogen and oxygen atoms in total. The molecule has 0 bridgehead atoms. The minimum absolute atomic E-state index is 0.0537. The van der Waals surface area contributed by atoms with Crippen LogP contribution in [0.15, 0.2) is 48.5 Å². The zero-order valence-electron chi connectivity index (χ0n) is 9.76. The standard InChI is InChI=1S/C15H13NO2/c17-11-6-7-12-13(9-11)14(16-15(12)18)8-10-4-2-1-3-5-10/h1-7,9,14,17H,8H2,(H,16,18)/t14-/m1/s1. The van der Waals surface area contributed by atoms with Crippen molar-refractivity contribution in [3.63, 3.8) is 0 Å². The van der Waals surface area contributed by atoms with E-state index in [0.29, 0.717) is 5.56 Å². The van der Waals surface area contributed by atoms with E-state index in [2.05, 4.69) is 5.32 Å². The Balaban J connectivity index is 1.93. The van der Waals surface area contributed by atoms with Gasteiger partial charge in [0.05, 0.1) is 6.04 Å². The van der Waals surface area contributed by atoms with E-state index in [4.69, 9.17) is 0 Å². The first kappa shape index (κ1) is 10.8. The zero-order chi connectivity index (χ0) is 12.5. The highest BCUT2D eigenvalue weighted by atomic mass is 16.3. The van der Waals surface area contributed by atoms with Crippen molar-refractivity contribution in [2.75, 3.05) is 0 Å². The highest BCUT2D eigenvalue weighted by Crippen LogP contribution is 2.30. The van der Waals surface area contributed by atoms with Gasteiger partial charge in [0.25, 0.3) is 5.91 Å². The first-order valence-electron chi connectivity index (χ1n) is 5.92. The monoisotopic (exact) mass is 239 g/mol. The van der Waals surface area contributed by atoms with E-state index in [9.17, 15) is 9.90 Å². The second kappa shape index (κ2) is 4.18. The number of carbonyl (C=O) groups is 1. The molecular weight excluding hydrogens is 226 g/mol. The summed E-state index contributed by atoms with van der Waals surface area (Å²) in [5, 5.41) is 12.5. The Kier molecular flexibility index (Phi) is 2.52. The lowest BCUT2D eigenvalue weighted by atomic mass is 9.98. The number of hydrogen-bond donors (Lipinski definition) is 2. The SMILES string of the molecule is O=C1N[C@H](Cc2ccccc2)c2cc(O)ccc21. The summed E-state index contributed by atoms with van der Waals surface area (Å²) in [5.74, 6) is 0.134. The van der Waals surface area contributed by atoms with Gasteiger partial charge >= 0.3 is 0 Å². The molecule has 1 atom stereocenters. The highest BCUT2D eigenvalue weighted by Gasteiger charge is 2.28. The molecule has 2 aromatic rings. The predicted molar refractivity (Wildman–Crippen MR) is 68.5 cm³/mol. The van der Waals surface area contributed by atoms with E-state index in [1.807, 2.05) is 30.3 Å². The lowest BCUT2D eigenvalue weighted by molar-refractivity contribution is 0.0956. The lowest BCUT2D eigenvalue weighted by Gasteiger charge is -2.11. The van der Waals surface area contributed by atoms with Crippen LogP contribution in [0.2, 0.25) is 0 Å². The largest absolute Gasteiger partial charge is 0.508 e. The molecule has 90 valence electrons. The number of carbonyl (C=O) groups excluding carboxylic acids is 1. The van der Waals surface area contributed by atoms with Crippen LogP contribution < -0.4 is 5.32 Å². The molecule has 1 heterocycles. The van der Waals surface area contributed by atoms with Crippen LogP contribution in [0.1, 0.15) is 27.5 Å². The molecule has 3 rings (SSSR count). The van der Waals surface area contributed by atoms with Crippen LogP contribution in [0.5, 0.6) is 5.75 Å². The molecule has 1 aliphatic heterocycles. The number of benzene rings is 2. The van der Waals surface area contributed by atoms with Crippen LogP contribution in [0.3, 0.4) is 0 Å². The molecule has 1 aliphatic rings. The number of hydrogen-bond acceptors (Lipinski definition) is 2. The Morgan fingerprint density at radius 2 is 1.89 bits per heavy atom. The summed E-state index contributed by atoms with van der Waals surface area (Å²) in [5.41, 5.74) is 2.71. The summed E-state index contributed by atoms with van der Waals surface area (Å²) in [7, 11) is 0. The molecule has 1 amide bonds. The van der Waals surface area contributed by atoms with Crippen molar-refractivity contribution in [2.45, 2.75) is 12.5 Å². The molecule has 0 saturated carbocycles. The fraction of sp³-hybridized carbons (Fsp3) is 0.133. The third-order valence-corrected chi connectivity index (χ3v) is 3.24. The summed E-state index contributed by atoms with van der Waals surface area (Å²) in [6.07, 6.45) is 0.739. The quantitative estimate of drug-likeness (QED) is 0.845. The van der Waals surface area contributed by atoms with E-state index in [1.165, 1.54) is 5.56 Å². The van der Waals surface area contributed by atoms with Crippen LogP contribution in [-0.4, -0.2) is 11.0 Å². The molecule has 0 aliphatic carbocycles. The summed E-state index contributed by atoms with van der Waals surface area (Å²) in [4.78, 5) is 11.8. The van der Waals surface area contributed by atoms with Crippen LogP contribution >= 0.6 is 0 Å².